The molecule has 164 valence electrons. The first-order valence-corrected chi connectivity index (χ1v) is 11.9. The Morgan fingerprint density at radius 2 is 1.71 bits per heavy atom. The van der Waals surface area contributed by atoms with Gasteiger partial charge in [0.25, 0.3) is 0 Å². The van der Waals surface area contributed by atoms with Gasteiger partial charge in [0.15, 0.2) is 11.0 Å². The first kappa shape index (κ1) is 23.0. The molecular formula is C21H25N5O3S2. The molecule has 8 nitrogen and oxygen atoms in total. The van der Waals surface area contributed by atoms with E-state index < -0.39 is 21.2 Å². The number of para-hydroxylation sites is 1. The van der Waals surface area contributed by atoms with Crippen molar-refractivity contribution in [2.75, 3.05) is 14.1 Å². The fourth-order valence-electron chi connectivity index (χ4n) is 3.12. The molecule has 0 saturated carbocycles. The second kappa shape index (κ2) is 8.81. The molecule has 1 unspecified atom stereocenters. The average Bonchev–Trinajstić information content (AvgIpc) is 3.11. The predicted octanol–water partition coefficient (Wildman–Crippen LogP) is 2.77. The molecule has 0 aliphatic rings. The fourth-order valence-corrected chi connectivity index (χ4v) is 4.87. The van der Waals surface area contributed by atoms with Crippen LogP contribution in [0, 0.1) is 13.8 Å². The van der Waals surface area contributed by atoms with Gasteiger partial charge in [-0.25, -0.2) is 12.7 Å². The first-order chi connectivity index (χ1) is 14.5. The summed E-state index contributed by atoms with van der Waals surface area (Å²) in [7, 11) is -0.641. The van der Waals surface area contributed by atoms with Crippen molar-refractivity contribution in [2.24, 2.45) is 5.73 Å². The molecule has 0 bridgehead atoms. The van der Waals surface area contributed by atoms with Gasteiger partial charge in [0, 0.05) is 19.7 Å². The summed E-state index contributed by atoms with van der Waals surface area (Å²) in [6.45, 7) is 5.66. The third-order valence-electron chi connectivity index (χ3n) is 4.85. The normalized spacial score (nSPS) is 12.8. The zero-order chi connectivity index (χ0) is 22.9. The second-order valence-electron chi connectivity index (χ2n) is 7.36. The number of carbonyl (C=O) groups excluding carboxylic acids is 1. The van der Waals surface area contributed by atoms with E-state index in [0.717, 1.165) is 21.1 Å². The summed E-state index contributed by atoms with van der Waals surface area (Å²) in [4.78, 5) is 11.8. The minimum absolute atomic E-state index is 0.158. The largest absolute Gasteiger partial charge is 0.369 e. The lowest BCUT2D eigenvalue weighted by molar-refractivity contribution is -0.117. The van der Waals surface area contributed by atoms with Crippen LogP contribution < -0.4 is 5.73 Å². The van der Waals surface area contributed by atoms with E-state index in [0.29, 0.717) is 16.5 Å². The number of nitrogens with two attached hydrogens (primary N) is 1. The van der Waals surface area contributed by atoms with Crippen LogP contribution in [-0.2, 0) is 14.8 Å². The molecule has 3 rings (SSSR count). The Balaban J connectivity index is 2.25. The third kappa shape index (κ3) is 4.51. The summed E-state index contributed by atoms with van der Waals surface area (Å²) < 4.78 is 28.3. The number of sulfonamides is 1. The zero-order valence-electron chi connectivity index (χ0n) is 18.0. The van der Waals surface area contributed by atoms with Crippen molar-refractivity contribution in [3.8, 4) is 17.1 Å². The number of hydrogen-bond acceptors (Lipinski definition) is 6. The maximum Gasteiger partial charge on any atom is 0.242 e. The standard InChI is InChI=1S/C21H25N5O3S2/c1-13-8-6-9-14(2)18(13)26-20(23-24-21(26)30-15(3)19(22)27)16-10-7-11-17(12-16)31(28,29)25(4)5/h6-12,15H,1-5H3,(H2,22,27). The highest BCUT2D eigenvalue weighted by molar-refractivity contribution is 8.00. The summed E-state index contributed by atoms with van der Waals surface area (Å²) in [6, 6.07) is 12.5. The topological polar surface area (TPSA) is 111 Å². The molecule has 0 fully saturated rings. The number of primary amides is 1. The first-order valence-electron chi connectivity index (χ1n) is 9.55. The summed E-state index contributed by atoms with van der Waals surface area (Å²) in [5, 5.41) is 8.65. The SMILES string of the molecule is Cc1cccc(C)c1-n1c(SC(C)C(N)=O)nnc1-c1cccc(S(=O)(=O)N(C)C)c1. The van der Waals surface area contributed by atoms with Crippen molar-refractivity contribution in [1.82, 2.24) is 19.1 Å². The van der Waals surface area contributed by atoms with Gasteiger partial charge in [-0.05, 0) is 44.0 Å². The Bertz CT molecular complexity index is 1220. The maximum absolute atomic E-state index is 12.6. The fraction of sp³-hybridized carbons (Fsp3) is 0.286. The smallest absolute Gasteiger partial charge is 0.242 e. The van der Waals surface area contributed by atoms with Crippen LogP contribution in [0.5, 0.6) is 0 Å². The van der Waals surface area contributed by atoms with E-state index in [4.69, 9.17) is 5.73 Å². The van der Waals surface area contributed by atoms with Crippen LogP contribution in [0.4, 0.5) is 0 Å². The van der Waals surface area contributed by atoms with Crippen molar-refractivity contribution in [2.45, 2.75) is 36.1 Å². The number of hydrogen-bond donors (Lipinski definition) is 1. The molecule has 0 spiro atoms. The Labute approximate surface area is 186 Å². The van der Waals surface area contributed by atoms with Crippen LogP contribution in [0.15, 0.2) is 52.5 Å². The number of nitrogens with zero attached hydrogens (tertiary/aromatic N) is 4. The van der Waals surface area contributed by atoms with E-state index in [-0.39, 0.29) is 4.90 Å². The van der Waals surface area contributed by atoms with E-state index in [2.05, 4.69) is 10.2 Å². The molecule has 0 saturated heterocycles. The zero-order valence-corrected chi connectivity index (χ0v) is 19.7. The van der Waals surface area contributed by atoms with Crippen LogP contribution >= 0.6 is 11.8 Å². The number of thioether (sulfide) groups is 1. The number of benzene rings is 2. The molecule has 1 aromatic heterocycles. The van der Waals surface area contributed by atoms with Gasteiger partial charge in [0.05, 0.1) is 15.8 Å². The molecule has 1 amide bonds. The van der Waals surface area contributed by atoms with Crippen LogP contribution in [0.2, 0.25) is 0 Å². The lowest BCUT2D eigenvalue weighted by atomic mass is 10.1. The van der Waals surface area contributed by atoms with Crippen LogP contribution in [0.1, 0.15) is 18.1 Å². The molecule has 1 heterocycles. The molecule has 3 aromatic rings. The number of amides is 1. The van der Waals surface area contributed by atoms with Crippen LogP contribution in [-0.4, -0.2) is 52.7 Å². The van der Waals surface area contributed by atoms with Crippen molar-refractivity contribution in [3.05, 3.63) is 53.6 Å². The molecule has 0 aliphatic carbocycles. The lowest BCUT2D eigenvalue weighted by Gasteiger charge is -2.17. The molecule has 0 radical (unpaired) electrons. The van der Waals surface area contributed by atoms with Gasteiger partial charge in [-0.1, -0.05) is 42.1 Å². The Kier molecular flexibility index (Phi) is 6.54. The van der Waals surface area contributed by atoms with Crippen molar-refractivity contribution in [3.63, 3.8) is 0 Å². The number of aromatic nitrogens is 3. The molecule has 10 heteroatoms. The van der Waals surface area contributed by atoms with Crippen molar-refractivity contribution < 1.29 is 13.2 Å². The Morgan fingerprint density at radius 1 is 1.10 bits per heavy atom. The van der Waals surface area contributed by atoms with Gasteiger partial charge in [-0.3, -0.25) is 9.36 Å². The summed E-state index contributed by atoms with van der Waals surface area (Å²) in [6.07, 6.45) is 0. The van der Waals surface area contributed by atoms with E-state index in [1.165, 1.54) is 25.9 Å². The highest BCUT2D eigenvalue weighted by atomic mass is 32.2. The maximum atomic E-state index is 12.6. The van der Waals surface area contributed by atoms with E-state index in [1.807, 2.05) is 36.6 Å². The number of carbonyl (C=O) groups is 1. The summed E-state index contributed by atoms with van der Waals surface area (Å²) >= 11 is 1.21. The van der Waals surface area contributed by atoms with Gasteiger partial charge >= 0.3 is 0 Å². The van der Waals surface area contributed by atoms with Crippen LogP contribution in [0.25, 0.3) is 17.1 Å². The molecule has 2 N–H and O–H groups in total. The quantitative estimate of drug-likeness (QED) is 0.544. The van der Waals surface area contributed by atoms with Crippen LogP contribution in [0.3, 0.4) is 0 Å². The average molecular weight is 460 g/mol. The van der Waals surface area contributed by atoms with Gasteiger partial charge in [0.1, 0.15) is 0 Å². The molecule has 2 aromatic carbocycles. The van der Waals surface area contributed by atoms with Gasteiger partial charge in [-0.2, -0.15) is 0 Å². The van der Waals surface area contributed by atoms with E-state index in [1.54, 1.807) is 31.2 Å². The van der Waals surface area contributed by atoms with Gasteiger partial charge in [0.2, 0.25) is 15.9 Å². The van der Waals surface area contributed by atoms with E-state index >= 15 is 0 Å². The number of rotatable bonds is 7. The number of aryl methyl sites for hydroxylation is 2. The molecule has 0 aliphatic heterocycles. The van der Waals surface area contributed by atoms with Gasteiger partial charge < -0.3 is 5.73 Å². The van der Waals surface area contributed by atoms with Gasteiger partial charge in [-0.15, -0.1) is 10.2 Å². The van der Waals surface area contributed by atoms with Crippen molar-refractivity contribution >= 4 is 27.7 Å². The molecular weight excluding hydrogens is 434 g/mol. The molecule has 31 heavy (non-hydrogen) atoms. The Hall–Kier alpha value is -2.69. The minimum Gasteiger partial charge on any atom is -0.369 e. The third-order valence-corrected chi connectivity index (χ3v) is 7.72. The summed E-state index contributed by atoms with van der Waals surface area (Å²) in [5.74, 6) is 0.0223. The highest BCUT2D eigenvalue weighted by Crippen LogP contribution is 2.33. The lowest BCUT2D eigenvalue weighted by Crippen LogP contribution is -2.23. The predicted molar refractivity (Wildman–Crippen MR) is 122 cm³/mol. The van der Waals surface area contributed by atoms with E-state index in [9.17, 15) is 13.2 Å². The minimum atomic E-state index is -3.62. The van der Waals surface area contributed by atoms with Crippen molar-refractivity contribution in [1.29, 1.82) is 0 Å². The Morgan fingerprint density at radius 3 is 2.29 bits per heavy atom. The summed E-state index contributed by atoms with van der Waals surface area (Å²) in [5.41, 5.74) is 8.91. The highest BCUT2D eigenvalue weighted by Gasteiger charge is 2.24. The monoisotopic (exact) mass is 459 g/mol. The molecule has 1 atom stereocenters. The second-order valence-corrected chi connectivity index (χ2v) is 10.8.